The van der Waals surface area contributed by atoms with Crippen LogP contribution < -0.4 is 10.9 Å². The van der Waals surface area contributed by atoms with Gasteiger partial charge in [0.15, 0.2) is 5.16 Å². The van der Waals surface area contributed by atoms with Crippen LogP contribution >= 0.6 is 11.8 Å². The van der Waals surface area contributed by atoms with Crippen molar-refractivity contribution in [2.75, 3.05) is 32.1 Å². The summed E-state index contributed by atoms with van der Waals surface area (Å²) >= 11 is 1.54. The van der Waals surface area contributed by atoms with Crippen molar-refractivity contribution >= 4 is 17.7 Å². The Hall–Kier alpha value is -2.16. The van der Waals surface area contributed by atoms with Crippen molar-refractivity contribution < 1.29 is 9.53 Å². The topological polar surface area (TPSA) is 76.5 Å². The van der Waals surface area contributed by atoms with Gasteiger partial charge in [-0.05, 0) is 11.1 Å². The first-order valence-corrected chi connectivity index (χ1v) is 10.1. The smallest absolute Gasteiger partial charge is 0.267 e. The molecule has 1 amide bonds. The number of hydrogen-bond acceptors (Lipinski definition) is 6. The lowest BCUT2D eigenvalue weighted by molar-refractivity contribution is 0.0340. The van der Waals surface area contributed by atoms with E-state index in [9.17, 15) is 9.59 Å². The third kappa shape index (κ3) is 4.07. The Morgan fingerprint density at radius 1 is 1.19 bits per heavy atom. The Bertz CT molecular complexity index is 893. The van der Waals surface area contributed by atoms with E-state index in [1.807, 2.05) is 18.2 Å². The monoisotopic (exact) mass is 386 g/mol. The highest BCUT2D eigenvalue weighted by Gasteiger charge is 2.20. The van der Waals surface area contributed by atoms with E-state index < -0.39 is 0 Å². The molecule has 2 aliphatic rings. The van der Waals surface area contributed by atoms with Crippen LogP contribution in [0.2, 0.25) is 0 Å². The third-order valence-electron chi connectivity index (χ3n) is 4.86. The van der Waals surface area contributed by atoms with Gasteiger partial charge in [0.25, 0.3) is 11.5 Å². The molecule has 4 rings (SSSR count). The first-order chi connectivity index (χ1) is 13.2. The van der Waals surface area contributed by atoms with Crippen molar-refractivity contribution in [1.82, 2.24) is 19.8 Å². The van der Waals surface area contributed by atoms with Gasteiger partial charge in [0.1, 0.15) is 5.56 Å². The van der Waals surface area contributed by atoms with Crippen LogP contribution in [0, 0.1) is 0 Å². The Kier molecular flexibility index (Phi) is 5.56. The van der Waals surface area contributed by atoms with Gasteiger partial charge in [0.05, 0.1) is 13.2 Å². The number of ether oxygens (including phenoxy) is 1. The summed E-state index contributed by atoms with van der Waals surface area (Å²) in [4.78, 5) is 31.6. The van der Waals surface area contributed by atoms with Crippen molar-refractivity contribution in [3.63, 3.8) is 0 Å². The zero-order valence-corrected chi connectivity index (χ0v) is 15.8. The third-order valence-corrected chi connectivity index (χ3v) is 5.83. The van der Waals surface area contributed by atoms with Crippen molar-refractivity contribution in [1.29, 1.82) is 0 Å². The fourth-order valence-corrected chi connectivity index (χ4v) is 4.24. The van der Waals surface area contributed by atoms with Crippen LogP contribution in [-0.2, 0) is 24.4 Å². The molecule has 0 spiro atoms. The molecule has 1 aromatic carbocycles. The number of nitrogens with zero attached hydrogens (tertiary/aromatic N) is 3. The lowest BCUT2D eigenvalue weighted by Crippen LogP contribution is -2.36. The molecule has 1 aromatic heterocycles. The Morgan fingerprint density at radius 3 is 2.78 bits per heavy atom. The molecule has 27 heavy (non-hydrogen) atoms. The van der Waals surface area contributed by atoms with Crippen LogP contribution in [-0.4, -0.2) is 52.4 Å². The average molecular weight is 386 g/mol. The lowest BCUT2D eigenvalue weighted by Gasteiger charge is -2.27. The van der Waals surface area contributed by atoms with Gasteiger partial charge < -0.3 is 10.1 Å². The molecule has 0 aliphatic carbocycles. The summed E-state index contributed by atoms with van der Waals surface area (Å²) in [6.07, 6.45) is 1.39. The second-order valence-electron chi connectivity index (χ2n) is 6.60. The number of hydrogen-bond donors (Lipinski definition) is 1. The van der Waals surface area contributed by atoms with E-state index in [-0.39, 0.29) is 17.0 Å². The second-order valence-corrected chi connectivity index (χ2v) is 7.66. The van der Waals surface area contributed by atoms with Gasteiger partial charge in [-0.2, -0.15) is 0 Å². The zero-order chi connectivity index (χ0) is 18.6. The predicted octanol–water partition coefficient (Wildman–Crippen LogP) is 1.11. The Balaban J connectivity index is 1.44. The Morgan fingerprint density at radius 2 is 1.96 bits per heavy atom. The molecule has 0 radical (unpaired) electrons. The number of thioether (sulfide) groups is 1. The van der Waals surface area contributed by atoms with Crippen molar-refractivity contribution in [3.8, 4) is 0 Å². The van der Waals surface area contributed by atoms with Crippen LogP contribution in [0.5, 0.6) is 0 Å². The SMILES string of the molecule is O=C(NCc1ccccc1CN1CCOCC1)c1cnc2n(c1=O)CCS2. The normalized spacial score (nSPS) is 16.9. The van der Waals surface area contributed by atoms with Crippen LogP contribution in [0.3, 0.4) is 0 Å². The molecule has 7 nitrogen and oxygen atoms in total. The predicted molar refractivity (Wildman–Crippen MR) is 103 cm³/mol. The molecule has 1 saturated heterocycles. The minimum atomic E-state index is -0.374. The molecule has 0 unspecified atom stereocenters. The maximum Gasteiger partial charge on any atom is 0.267 e. The van der Waals surface area contributed by atoms with Gasteiger partial charge in [-0.3, -0.25) is 19.1 Å². The highest BCUT2D eigenvalue weighted by molar-refractivity contribution is 7.99. The summed E-state index contributed by atoms with van der Waals surface area (Å²) in [5.41, 5.74) is 2.08. The first-order valence-electron chi connectivity index (χ1n) is 9.10. The van der Waals surface area contributed by atoms with Crippen LogP contribution in [0.25, 0.3) is 0 Å². The molecule has 142 valence electrons. The van der Waals surface area contributed by atoms with E-state index in [2.05, 4.69) is 21.3 Å². The van der Waals surface area contributed by atoms with Gasteiger partial charge in [-0.25, -0.2) is 4.98 Å². The van der Waals surface area contributed by atoms with Gasteiger partial charge in [0, 0.05) is 44.7 Å². The van der Waals surface area contributed by atoms with Crippen LogP contribution in [0.1, 0.15) is 21.5 Å². The summed E-state index contributed by atoms with van der Waals surface area (Å²) in [7, 11) is 0. The molecular weight excluding hydrogens is 364 g/mol. The Labute approximate surface area is 161 Å². The second kappa shape index (κ2) is 8.24. The highest BCUT2D eigenvalue weighted by atomic mass is 32.2. The standard InChI is InChI=1S/C19H22N4O3S/c24-17(16-12-21-19-23(18(16)25)7-10-27-19)20-11-14-3-1-2-4-15(14)13-22-5-8-26-9-6-22/h1-4,12H,5-11,13H2,(H,20,24). The van der Waals surface area contributed by atoms with Gasteiger partial charge in [0.2, 0.25) is 0 Å². The minimum Gasteiger partial charge on any atom is -0.379 e. The van der Waals surface area contributed by atoms with Gasteiger partial charge >= 0.3 is 0 Å². The molecule has 1 N–H and O–H groups in total. The van der Waals surface area contributed by atoms with E-state index in [1.54, 1.807) is 4.57 Å². The van der Waals surface area contributed by atoms with Crippen molar-refractivity contribution in [2.24, 2.45) is 0 Å². The van der Waals surface area contributed by atoms with E-state index in [1.165, 1.54) is 23.5 Å². The molecule has 0 saturated carbocycles. The summed E-state index contributed by atoms with van der Waals surface area (Å²) in [5, 5.41) is 3.57. The van der Waals surface area contributed by atoms with Gasteiger partial charge in [-0.1, -0.05) is 36.0 Å². The largest absolute Gasteiger partial charge is 0.379 e. The van der Waals surface area contributed by atoms with E-state index >= 15 is 0 Å². The summed E-state index contributed by atoms with van der Waals surface area (Å²) in [5.74, 6) is 0.447. The molecule has 3 heterocycles. The highest BCUT2D eigenvalue weighted by Crippen LogP contribution is 2.20. The fourth-order valence-electron chi connectivity index (χ4n) is 3.33. The molecule has 8 heteroatoms. The zero-order valence-electron chi connectivity index (χ0n) is 15.0. The van der Waals surface area contributed by atoms with E-state index in [0.717, 1.165) is 44.2 Å². The quantitative estimate of drug-likeness (QED) is 0.776. The number of carbonyl (C=O) groups is 1. The van der Waals surface area contributed by atoms with Crippen LogP contribution in [0.4, 0.5) is 0 Å². The molecule has 0 atom stereocenters. The summed E-state index contributed by atoms with van der Waals surface area (Å²) in [6, 6.07) is 8.07. The average Bonchev–Trinajstić information content (AvgIpc) is 3.18. The van der Waals surface area contributed by atoms with Crippen LogP contribution in [0.15, 0.2) is 40.4 Å². The maximum absolute atomic E-state index is 12.5. The first kappa shape index (κ1) is 18.2. The lowest BCUT2D eigenvalue weighted by atomic mass is 10.1. The van der Waals surface area contributed by atoms with Crippen molar-refractivity contribution in [3.05, 3.63) is 57.5 Å². The number of morpholine rings is 1. The van der Waals surface area contributed by atoms with Crippen molar-refractivity contribution in [2.45, 2.75) is 24.8 Å². The molecule has 0 bridgehead atoms. The molecule has 1 fully saturated rings. The maximum atomic E-state index is 12.5. The molecule has 2 aromatic rings. The van der Waals surface area contributed by atoms with Gasteiger partial charge in [-0.15, -0.1) is 0 Å². The fraction of sp³-hybridized carbons (Fsp3) is 0.421. The number of aromatic nitrogens is 2. The molecule has 2 aliphatic heterocycles. The number of nitrogens with one attached hydrogen (secondary N) is 1. The summed E-state index contributed by atoms with van der Waals surface area (Å²) in [6.45, 7) is 5.16. The number of fused-ring (bicyclic) bond motifs is 1. The number of carbonyl (C=O) groups excluding carboxylic acids is 1. The summed E-state index contributed by atoms with van der Waals surface area (Å²) < 4.78 is 6.98. The molecular formula is C19H22N4O3S. The van der Waals surface area contributed by atoms with E-state index in [0.29, 0.717) is 18.2 Å². The van der Waals surface area contributed by atoms with E-state index in [4.69, 9.17) is 4.74 Å². The number of rotatable bonds is 5. The number of benzene rings is 1. The number of amides is 1. The minimum absolute atomic E-state index is 0.104.